The second-order valence-electron chi connectivity index (χ2n) is 8.74. The number of methoxy groups -OCH3 is 2. The molecule has 6 nitrogen and oxygen atoms in total. The standard InChI is InChI=1S/C27H26N2O4S/c1-17-7-5-8-19(15-17)29-26(34)28(25(30)18-11-13-20(31-3)14-12-18)22-16-27(29,2)33-24-21(22)9-6-10-23(24)32-4/h5-15,22H,16H2,1-4H3/t22-,27+/m0/s1. The fourth-order valence-corrected chi connectivity index (χ4v) is 5.37. The number of carbonyl (C=O) groups excluding carboxylic acids is 1. The molecule has 2 aliphatic heterocycles. The summed E-state index contributed by atoms with van der Waals surface area (Å²) < 4.78 is 17.5. The highest BCUT2D eigenvalue weighted by atomic mass is 32.1. The summed E-state index contributed by atoms with van der Waals surface area (Å²) in [6, 6.07) is 20.6. The molecule has 0 spiro atoms. The molecule has 174 valence electrons. The molecule has 1 amide bonds. The van der Waals surface area contributed by atoms with E-state index in [9.17, 15) is 4.79 Å². The van der Waals surface area contributed by atoms with Gasteiger partial charge in [-0.05, 0) is 74.1 Å². The van der Waals surface area contributed by atoms with Crippen molar-refractivity contribution < 1.29 is 19.0 Å². The maximum absolute atomic E-state index is 13.9. The van der Waals surface area contributed by atoms with Gasteiger partial charge in [-0.1, -0.05) is 24.3 Å². The van der Waals surface area contributed by atoms with Crippen LogP contribution in [0, 0.1) is 6.92 Å². The zero-order chi connectivity index (χ0) is 24.0. The van der Waals surface area contributed by atoms with Crippen molar-refractivity contribution in [3.05, 3.63) is 83.4 Å². The summed E-state index contributed by atoms with van der Waals surface area (Å²) in [4.78, 5) is 17.6. The van der Waals surface area contributed by atoms with Gasteiger partial charge < -0.3 is 14.2 Å². The molecule has 0 unspecified atom stereocenters. The molecule has 1 fully saturated rings. The average Bonchev–Trinajstić information content (AvgIpc) is 2.83. The number of thiocarbonyl (C=S) groups is 1. The van der Waals surface area contributed by atoms with Gasteiger partial charge >= 0.3 is 0 Å². The Morgan fingerprint density at radius 3 is 2.47 bits per heavy atom. The van der Waals surface area contributed by atoms with Crippen molar-refractivity contribution in [2.75, 3.05) is 19.1 Å². The first-order valence-corrected chi connectivity index (χ1v) is 11.5. The maximum Gasteiger partial charge on any atom is 0.260 e. The Morgan fingerprint density at radius 1 is 1.06 bits per heavy atom. The number of amides is 1. The average molecular weight is 475 g/mol. The highest BCUT2D eigenvalue weighted by molar-refractivity contribution is 7.80. The number of anilines is 1. The van der Waals surface area contributed by atoms with E-state index in [0.29, 0.717) is 34.3 Å². The molecular weight excluding hydrogens is 448 g/mol. The lowest BCUT2D eigenvalue weighted by Crippen LogP contribution is -2.67. The zero-order valence-electron chi connectivity index (χ0n) is 19.6. The van der Waals surface area contributed by atoms with E-state index < -0.39 is 5.72 Å². The molecule has 0 aromatic heterocycles. The first-order valence-electron chi connectivity index (χ1n) is 11.1. The Balaban J connectivity index is 1.68. The molecule has 5 rings (SSSR count). The number of fused-ring (bicyclic) bond motifs is 4. The van der Waals surface area contributed by atoms with Crippen molar-refractivity contribution in [3.63, 3.8) is 0 Å². The first kappa shape index (κ1) is 22.2. The van der Waals surface area contributed by atoms with Crippen LogP contribution in [0.5, 0.6) is 17.2 Å². The van der Waals surface area contributed by atoms with E-state index >= 15 is 0 Å². The summed E-state index contributed by atoms with van der Waals surface area (Å²) in [5, 5.41) is 0.402. The Labute approximate surface area is 204 Å². The van der Waals surface area contributed by atoms with Gasteiger partial charge in [0.1, 0.15) is 5.75 Å². The van der Waals surface area contributed by atoms with Crippen LogP contribution in [0.3, 0.4) is 0 Å². The van der Waals surface area contributed by atoms with E-state index in [1.165, 1.54) is 0 Å². The highest BCUT2D eigenvalue weighted by Gasteiger charge is 2.54. The van der Waals surface area contributed by atoms with Crippen LogP contribution in [-0.2, 0) is 0 Å². The normalized spacial score (nSPS) is 20.9. The number of hydrogen-bond donors (Lipinski definition) is 0. The van der Waals surface area contributed by atoms with E-state index in [1.807, 2.05) is 55.1 Å². The lowest BCUT2D eigenvalue weighted by molar-refractivity contribution is 0.0162. The smallest absolute Gasteiger partial charge is 0.260 e. The molecule has 0 radical (unpaired) electrons. The van der Waals surface area contributed by atoms with Gasteiger partial charge in [0.25, 0.3) is 5.91 Å². The largest absolute Gasteiger partial charge is 0.497 e. The van der Waals surface area contributed by atoms with Crippen LogP contribution in [0.1, 0.15) is 40.9 Å². The van der Waals surface area contributed by atoms with Crippen molar-refractivity contribution in [1.82, 2.24) is 4.90 Å². The predicted molar refractivity (Wildman–Crippen MR) is 135 cm³/mol. The minimum absolute atomic E-state index is 0.173. The van der Waals surface area contributed by atoms with Gasteiger partial charge in [0.15, 0.2) is 22.3 Å². The van der Waals surface area contributed by atoms with Crippen LogP contribution < -0.4 is 19.1 Å². The third kappa shape index (κ3) is 3.47. The molecule has 3 aromatic carbocycles. The van der Waals surface area contributed by atoms with Gasteiger partial charge in [-0.2, -0.15) is 0 Å². The van der Waals surface area contributed by atoms with Crippen molar-refractivity contribution in [1.29, 1.82) is 0 Å². The zero-order valence-corrected chi connectivity index (χ0v) is 20.4. The Morgan fingerprint density at radius 2 is 1.79 bits per heavy atom. The molecule has 0 N–H and O–H groups in total. The fraction of sp³-hybridized carbons (Fsp3) is 0.259. The number of para-hydroxylation sites is 1. The molecule has 2 aliphatic rings. The molecule has 0 aliphatic carbocycles. The molecule has 34 heavy (non-hydrogen) atoms. The molecule has 0 saturated carbocycles. The monoisotopic (exact) mass is 474 g/mol. The van der Waals surface area contributed by atoms with Crippen molar-refractivity contribution in [2.45, 2.75) is 32.0 Å². The van der Waals surface area contributed by atoms with Gasteiger partial charge in [0.05, 0.1) is 20.3 Å². The summed E-state index contributed by atoms with van der Waals surface area (Å²) in [5.74, 6) is 1.78. The van der Waals surface area contributed by atoms with Crippen LogP contribution in [-0.4, -0.2) is 35.9 Å². The number of benzene rings is 3. The van der Waals surface area contributed by atoms with Gasteiger partial charge in [-0.25, -0.2) is 0 Å². The Kier molecular flexibility index (Phi) is 5.44. The number of hydrogen-bond acceptors (Lipinski definition) is 5. The van der Waals surface area contributed by atoms with Crippen molar-refractivity contribution in [2.24, 2.45) is 0 Å². The third-order valence-corrected chi connectivity index (χ3v) is 6.86. The van der Waals surface area contributed by atoms with Crippen molar-refractivity contribution in [3.8, 4) is 17.2 Å². The topological polar surface area (TPSA) is 51.2 Å². The number of carbonyl (C=O) groups is 1. The van der Waals surface area contributed by atoms with Gasteiger partial charge in [0.2, 0.25) is 0 Å². The van der Waals surface area contributed by atoms with Gasteiger partial charge in [0, 0.05) is 23.2 Å². The molecule has 2 heterocycles. The van der Waals surface area contributed by atoms with E-state index in [1.54, 1.807) is 43.4 Å². The summed E-state index contributed by atoms with van der Waals surface area (Å²) in [5.41, 5.74) is 2.58. The van der Waals surface area contributed by atoms with E-state index in [4.69, 9.17) is 26.4 Å². The predicted octanol–water partition coefficient (Wildman–Crippen LogP) is 5.50. The number of rotatable bonds is 4. The fourth-order valence-electron chi connectivity index (χ4n) is 4.86. The second kappa shape index (κ2) is 8.33. The second-order valence-corrected chi connectivity index (χ2v) is 9.10. The van der Waals surface area contributed by atoms with Crippen LogP contribution in [0.15, 0.2) is 66.7 Å². The lowest BCUT2D eigenvalue weighted by atomic mass is 9.88. The lowest BCUT2D eigenvalue weighted by Gasteiger charge is -2.55. The molecule has 2 bridgehead atoms. The Hall–Kier alpha value is -3.58. The molecular formula is C27H26N2O4S. The number of ether oxygens (including phenoxy) is 3. The highest BCUT2D eigenvalue weighted by Crippen LogP contribution is 2.52. The maximum atomic E-state index is 13.9. The molecule has 3 aromatic rings. The number of nitrogens with zero attached hydrogens (tertiary/aromatic N) is 2. The SMILES string of the molecule is COc1ccc(C(=O)N2C(=S)N(c3cccc(C)c3)[C@@]3(C)C[C@H]2c2cccc(OC)c2O3)cc1. The van der Waals surface area contributed by atoms with Crippen LogP contribution >= 0.6 is 12.2 Å². The van der Waals surface area contributed by atoms with Gasteiger partial charge in [-0.3, -0.25) is 14.6 Å². The minimum atomic E-state index is -0.798. The quantitative estimate of drug-likeness (QED) is 0.466. The minimum Gasteiger partial charge on any atom is -0.497 e. The summed E-state index contributed by atoms with van der Waals surface area (Å²) in [6.45, 7) is 4.04. The van der Waals surface area contributed by atoms with Gasteiger partial charge in [-0.15, -0.1) is 0 Å². The van der Waals surface area contributed by atoms with E-state index in [-0.39, 0.29) is 11.9 Å². The number of aryl methyl sites for hydroxylation is 1. The first-order chi connectivity index (χ1) is 16.4. The third-order valence-electron chi connectivity index (χ3n) is 6.48. The summed E-state index contributed by atoms with van der Waals surface area (Å²) >= 11 is 6.01. The van der Waals surface area contributed by atoms with E-state index in [2.05, 4.69) is 6.07 Å². The van der Waals surface area contributed by atoms with Crippen molar-refractivity contribution >= 4 is 28.9 Å². The van der Waals surface area contributed by atoms with E-state index in [0.717, 1.165) is 16.8 Å². The summed E-state index contributed by atoms with van der Waals surface area (Å²) in [7, 11) is 3.22. The molecule has 2 atom stereocenters. The molecule has 7 heteroatoms. The van der Waals surface area contributed by atoms with Crippen LogP contribution in [0.4, 0.5) is 5.69 Å². The molecule has 1 saturated heterocycles. The Bertz CT molecular complexity index is 1280. The van der Waals surface area contributed by atoms with Crippen LogP contribution in [0.2, 0.25) is 0 Å². The van der Waals surface area contributed by atoms with Crippen LogP contribution in [0.25, 0.3) is 0 Å². The summed E-state index contributed by atoms with van der Waals surface area (Å²) in [6.07, 6.45) is 0.545.